The first kappa shape index (κ1) is 18.2. The topological polar surface area (TPSA) is 82.5 Å². The molecule has 0 aliphatic rings. The number of benzene rings is 1. The maximum Gasteiger partial charge on any atom is 0.263 e. The van der Waals surface area contributed by atoms with Gasteiger partial charge in [-0.1, -0.05) is 6.07 Å². The van der Waals surface area contributed by atoms with Gasteiger partial charge in [-0.15, -0.1) is 0 Å². The summed E-state index contributed by atoms with van der Waals surface area (Å²) in [5.74, 6) is 1.13. The summed E-state index contributed by atoms with van der Waals surface area (Å²) in [6.45, 7) is 0.275. The minimum Gasteiger partial charge on any atom is -0.497 e. The van der Waals surface area contributed by atoms with Gasteiger partial charge in [0.2, 0.25) is 0 Å². The molecule has 7 nitrogen and oxygen atoms in total. The van der Waals surface area contributed by atoms with Gasteiger partial charge in [0, 0.05) is 18.5 Å². The lowest BCUT2D eigenvalue weighted by molar-refractivity contribution is 0.102. The summed E-state index contributed by atoms with van der Waals surface area (Å²) >= 11 is 0. The van der Waals surface area contributed by atoms with E-state index in [0.717, 1.165) is 5.56 Å². The lowest BCUT2D eigenvalue weighted by Gasteiger charge is -2.11. The summed E-state index contributed by atoms with van der Waals surface area (Å²) in [7, 11) is 3.13. The Morgan fingerprint density at radius 3 is 2.44 bits per heavy atom. The number of methoxy groups -OCH3 is 2. The van der Waals surface area contributed by atoms with Crippen molar-refractivity contribution in [2.45, 2.75) is 6.54 Å². The van der Waals surface area contributed by atoms with E-state index in [1.807, 2.05) is 12.1 Å². The molecule has 0 fully saturated rings. The SMILES string of the molecule is COc1cc(Cn2cccc(C(=O)Nc3ccccn3)c2=O)cc(OC)c1. The van der Waals surface area contributed by atoms with Crippen molar-refractivity contribution in [3.8, 4) is 11.5 Å². The molecular weight excluding hydrogens is 346 g/mol. The third-order valence-corrected chi connectivity index (χ3v) is 3.94. The van der Waals surface area contributed by atoms with Crippen molar-refractivity contribution in [1.29, 1.82) is 0 Å². The van der Waals surface area contributed by atoms with Gasteiger partial charge in [-0.2, -0.15) is 0 Å². The number of hydrogen-bond donors (Lipinski definition) is 1. The van der Waals surface area contributed by atoms with E-state index < -0.39 is 11.5 Å². The smallest absolute Gasteiger partial charge is 0.263 e. The van der Waals surface area contributed by atoms with Gasteiger partial charge in [0.05, 0.1) is 20.8 Å². The predicted octanol–water partition coefficient (Wildman–Crippen LogP) is 2.56. The van der Waals surface area contributed by atoms with Crippen LogP contribution in [0.1, 0.15) is 15.9 Å². The van der Waals surface area contributed by atoms with Crippen molar-refractivity contribution in [2.24, 2.45) is 0 Å². The van der Waals surface area contributed by atoms with Gasteiger partial charge in [0.1, 0.15) is 22.9 Å². The van der Waals surface area contributed by atoms with Crippen LogP contribution in [0.5, 0.6) is 11.5 Å². The third kappa shape index (κ3) is 4.33. The molecule has 0 aliphatic heterocycles. The zero-order valence-corrected chi connectivity index (χ0v) is 15.0. The number of rotatable bonds is 6. The molecule has 1 aromatic carbocycles. The molecule has 138 valence electrons. The Kier molecular flexibility index (Phi) is 5.51. The number of nitrogens with zero attached hydrogens (tertiary/aromatic N) is 2. The number of amides is 1. The highest BCUT2D eigenvalue weighted by molar-refractivity contribution is 6.03. The number of ether oxygens (including phenoxy) is 2. The molecule has 0 bridgehead atoms. The van der Waals surface area contributed by atoms with E-state index in [0.29, 0.717) is 17.3 Å². The first-order valence-electron chi connectivity index (χ1n) is 8.24. The van der Waals surface area contributed by atoms with Crippen LogP contribution in [0.3, 0.4) is 0 Å². The second-order valence-corrected chi connectivity index (χ2v) is 5.74. The Hall–Kier alpha value is -3.61. The molecule has 2 aromatic heterocycles. The Morgan fingerprint density at radius 1 is 1.07 bits per heavy atom. The fraction of sp³-hybridized carbons (Fsp3) is 0.150. The van der Waals surface area contributed by atoms with Crippen LogP contribution in [0.25, 0.3) is 0 Å². The van der Waals surface area contributed by atoms with Crippen LogP contribution in [0.2, 0.25) is 0 Å². The molecule has 0 atom stereocenters. The molecule has 7 heteroatoms. The van der Waals surface area contributed by atoms with E-state index in [1.165, 1.54) is 10.6 Å². The number of nitrogens with one attached hydrogen (secondary N) is 1. The van der Waals surface area contributed by atoms with E-state index in [9.17, 15) is 9.59 Å². The van der Waals surface area contributed by atoms with Crippen LogP contribution in [-0.2, 0) is 6.54 Å². The predicted molar refractivity (Wildman–Crippen MR) is 102 cm³/mol. The summed E-state index contributed by atoms with van der Waals surface area (Å²) in [5, 5.41) is 2.62. The largest absolute Gasteiger partial charge is 0.497 e. The van der Waals surface area contributed by atoms with Crippen molar-refractivity contribution in [1.82, 2.24) is 9.55 Å². The number of carbonyl (C=O) groups is 1. The first-order valence-corrected chi connectivity index (χ1v) is 8.24. The fourth-order valence-corrected chi connectivity index (χ4v) is 2.61. The number of anilines is 1. The Morgan fingerprint density at radius 2 is 1.81 bits per heavy atom. The number of pyridine rings is 2. The summed E-state index contributed by atoms with van der Waals surface area (Å²) < 4.78 is 12.0. The van der Waals surface area contributed by atoms with Gasteiger partial charge in [0.25, 0.3) is 11.5 Å². The molecule has 0 saturated carbocycles. The molecule has 1 N–H and O–H groups in total. The van der Waals surface area contributed by atoms with Gasteiger partial charge < -0.3 is 19.4 Å². The second kappa shape index (κ2) is 8.18. The van der Waals surface area contributed by atoms with Gasteiger partial charge >= 0.3 is 0 Å². The second-order valence-electron chi connectivity index (χ2n) is 5.74. The standard InChI is InChI=1S/C20H19N3O4/c1-26-15-10-14(11-16(12-15)27-2)13-23-9-5-6-17(20(23)25)19(24)22-18-7-3-4-8-21-18/h3-12H,13H2,1-2H3,(H,21,22,24). The Bertz CT molecular complexity index is 977. The Balaban J connectivity index is 1.87. The average Bonchev–Trinajstić information content (AvgIpc) is 2.70. The highest BCUT2D eigenvalue weighted by atomic mass is 16.5. The lowest BCUT2D eigenvalue weighted by Crippen LogP contribution is -2.29. The molecule has 0 radical (unpaired) electrons. The molecule has 27 heavy (non-hydrogen) atoms. The van der Waals surface area contributed by atoms with Gasteiger partial charge in [-0.25, -0.2) is 4.98 Å². The van der Waals surface area contributed by atoms with Crippen molar-refractivity contribution in [2.75, 3.05) is 19.5 Å². The van der Waals surface area contributed by atoms with E-state index in [-0.39, 0.29) is 12.1 Å². The van der Waals surface area contributed by atoms with Gasteiger partial charge in [-0.3, -0.25) is 9.59 Å². The highest BCUT2D eigenvalue weighted by Gasteiger charge is 2.13. The van der Waals surface area contributed by atoms with E-state index in [1.54, 1.807) is 56.9 Å². The van der Waals surface area contributed by atoms with Crippen molar-refractivity contribution < 1.29 is 14.3 Å². The van der Waals surface area contributed by atoms with Crippen LogP contribution in [0, 0.1) is 0 Å². The maximum atomic E-state index is 12.7. The van der Waals surface area contributed by atoms with Crippen molar-refractivity contribution in [3.63, 3.8) is 0 Å². The quantitative estimate of drug-likeness (QED) is 0.726. The summed E-state index contributed by atoms with van der Waals surface area (Å²) in [6, 6.07) is 13.7. The van der Waals surface area contributed by atoms with Crippen LogP contribution in [0.15, 0.2) is 65.7 Å². The molecule has 3 aromatic rings. The lowest BCUT2D eigenvalue weighted by atomic mass is 10.2. The van der Waals surface area contributed by atoms with Crippen LogP contribution in [0.4, 0.5) is 5.82 Å². The molecule has 0 spiro atoms. The van der Waals surface area contributed by atoms with Crippen molar-refractivity contribution in [3.05, 3.63) is 82.4 Å². The molecule has 0 unspecified atom stereocenters. The summed E-state index contributed by atoms with van der Waals surface area (Å²) in [4.78, 5) is 29.2. The molecule has 0 aliphatic carbocycles. The van der Waals surface area contributed by atoms with Crippen LogP contribution < -0.4 is 20.3 Å². The minimum absolute atomic E-state index is 0.0398. The number of hydrogen-bond acceptors (Lipinski definition) is 5. The van der Waals surface area contributed by atoms with Crippen LogP contribution in [-0.4, -0.2) is 29.7 Å². The van der Waals surface area contributed by atoms with Gasteiger partial charge in [-0.05, 0) is 42.0 Å². The molecule has 1 amide bonds. The van der Waals surface area contributed by atoms with Crippen LogP contribution >= 0.6 is 0 Å². The van der Waals surface area contributed by atoms with E-state index in [2.05, 4.69) is 10.3 Å². The zero-order chi connectivity index (χ0) is 19.2. The number of aromatic nitrogens is 2. The fourth-order valence-electron chi connectivity index (χ4n) is 2.61. The zero-order valence-electron chi connectivity index (χ0n) is 15.0. The molecular formula is C20H19N3O4. The summed E-state index contributed by atoms with van der Waals surface area (Å²) in [6.07, 6.45) is 3.20. The molecule has 2 heterocycles. The normalized spacial score (nSPS) is 10.3. The molecule has 3 rings (SSSR count). The maximum absolute atomic E-state index is 12.7. The third-order valence-electron chi connectivity index (χ3n) is 3.94. The summed E-state index contributed by atoms with van der Waals surface area (Å²) in [5.41, 5.74) is 0.460. The first-order chi connectivity index (χ1) is 13.1. The number of carbonyl (C=O) groups excluding carboxylic acids is 1. The molecule has 0 saturated heterocycles. The average molecular weight is 365 g/mol. The van der Waals surface area contributed by atoms with E-state index in [4.69, 9.17) is 9.47 Å². The van der Waals surface area contributed by atoms with Crippen molar-refractivity contribution >= 4 is 11.7 Å². The Labute approximate surface area is 156 Å². The highest BCUT2D eigenvalue weighted by Crippen LogP contribution is 2.22. The van der Waals surface area contributed by atoms with Gasteiger partial charge in [0.15, 0.2) is 0 Å². The van der Waals surface area contributed by atoms with E-state index >= 15 is 0 Å². The monoisotopic (exact) mass is 365 g/mol. The minimum atomic E-state index is -0.503.